The fourth-order valence-corrected chi connectivity index (χ4v) is 1.70. The molecule has 0 N–H and O–H groups in total. The molecule has 1 aromatic heterocycles. The van der Waals surface area contributed by atoms with Gasteiger partial charge in [-0.3, -0.25) is 9.78 Å². The van der Waals surface area contributed by atoms with E-state index in [2.05, 4.69) is 4.98 Å². The Morgan fingerprint density at radius 1 is 1.21 bits per heavy atom. The zero-order valence-electron chi connectivity index (χ0n) is 10.1. The largest absolute Gasteiger partial charge is 0.496 e. The van der Waals surface area contributed by atoms with Crippen LogP contribution in [0.2, 0.25) is 0 Å². The quantitative estimate of drug-likeness (QED) is 0.795. The highest BCUT2D eigenvalue weighted by atomic mass is 19.3. The molecule has 0 fully saturated rings. The number of hydrogen-bond donors (Lipinski definition) is 0. The average molecular weight is 263 g/mol. The van der Waals surface area contributed by atoms with Gasteiger partial charge in [-0.1, -0.05) is 0 Å². The van der Waals surface area contributed by atoms with E-state index in [0.717, 1.165) is 6.07 Å². The Hall–Kier alpha value is -2.30. The van der Waals surface area contributed by atoms with E-state index in [1.807, 2.05) is 0 Å². The van der Waals surface area contributed by atoms with Gasteiger partial charge in [0.05, 0.1) is 12.7 Å². The fourth-order valence-electron chi connectivity index (χ4n) is 1.70. The van der Waals surface area contributed by atoms with Crippen molar-refractivity contribution in [1.29, 1.82) is 0 Å². The first kappa shape index (κ1) is 13.1. The van der Waals surface area contributed by atoms with Crippen molar-refractivity contribution in [2.24, 2.45) is 0 Å². The Morgan fingerprint density at radius 3 is 2.47 bits per heavy atom. The highest BCUT2D eigenvalue weighted by molar-refractivity contribution is 6.10. The van der Waals surface area contributed by atoms with Crippen LogP contribution in [0.1, 0.15) is 27.9 Å². The summed E-state index contributed by atoms with van der Waals surface area (Å²) in [4.78, 5) is 16.1. The van der Waals surface area contributed by atoms with Crippen LogP contribution in [0.4, 0.5) is 8.78 Å². The number of methoxy groups -OCH3 is 1. The van der Waals surface area contributed by atoms with Gasteiger partial charge in [0.1, 0.15) is 5.75 Å². The topological polar surface area (TPSA) is 39.2 Å². The number of carbonyl (C=O) groups is 1. The Kier molecular flexibility index (Phi) is 3.85. The molecule has 0 bridgehead atoms. The van der Waals surface area contributed by atoms with E-state index in [1.165, 1.54) is 43.8 Å². The normalized spacial score (nSPS) is 10.5. The number of carbonyl (C=O) groups excluding carboxylic acids is 1. The summed E-state index contributed by atoms with van der Waals surface area (Å²) in [5, 5.41) is 0. The lowest BCUT2D eigenvalue weighted by Crippen LogP contribution is -2.05. The van der Waals surface area contributed by atoms with Gasteiger partial charge in [-0.05, 0) is 30.3 Å². The summed E-state index contributed by atoms with van der Waals surface area (Å²) >= 11 is 0. The van der Waals surface area contributed by atoms with Crippen LogP contribution in [0.15, 0.2) is 42.7 Å². The molecule has 0 aliphatic rings. The molecule has 1 heterocycles. The molecule has 0 aliphatic heterocycles. The zero-order valence-corrected chi connectivity index (χ0v) is 10.1. The van der Waals surface area contributed by atoms with E-state index in [-0.39, 0.29) is 22.7 Å². The first-order valence-corrected chi connectivity index (χ1v) is 5.54. The zero-order chi connectivity index (χ0) is 13.8. The Bertz CT molecular complexity index is 585. The molecule has 19 heavy (non-hydrogen) atoms. The lowest BCUT2D eigenvalue weighted by Gasteiger charge is -2.09. The molecule has 0 amide bonds. The maximum absolute atomic E-state index is 12.7. The van der Waals surface area contributed by atoms with Gasteiger partial charge < -0.3 is 4.74 Å². The van der Waals surface area contributed by atoms with Gasteiger partial charge in [0, 0.05) is 23.5 Å². The highest BCUT2D eigenvalue weighted by Crippen LogP contribution is 2.27. The number of alkyl halides is 2. The summed E-state index contributed by atoms with van der Waals surface area (Å²) in [6, 6.07) is 6.82. The number of aromatic nitrogens is 1. The molecule has 0 radical (unpaired) electrons. The molecule has 2 rings (SSSR count). The van der Waals surface area contributed by atoms with Crippen molar-refractivity contribution in [2.45, 2.75) is 6.43 Å². The second kappa shape index (κ2) is 5.56. The number of hydrogen-bond acceptors (Lipinski definition) is 3. The van der Waals surface area contributed by atoms with Gasteiger partial charge >= 0.3 is 0 Å². The van der Waals surface area contributed by atoms with Gasteiger partial charge in [-0.15, -0.1) is 0 Å². The number of rotatable bonds is 4. The van der Waals surface area contributed by atoms with Crippen LogP contribution >= 0.6 is 0 Å². The van der Waals surface area contributed by atoms with Crippen molar-refractivity contribution in [3.63, 3.8) is 0 Å². The van der Waals surface area contributed by atoms with Crippen molar-refractivity contribution in [1.82, 2.24) is 4.98 Å². The summed E-state index contributed by atoms with van der Waals surface area (Å²) < 4.78 is 30.4. The van der Waals surface area contributed by atoms with E-state index >= 15 is 0 Å². The van der Waals surface area contributed by atoms with Crippen molar-refractivity contribution in [3.05, 3.63) is 59.4 Å². The number of ether oxygens (including phenoxy) is 1. The third-order valence-corrected chi connectivity index (χ3v) is 2.66. The van der Waals surface area contributed by atoms with E-state index < -0.39 is 6.43 Å². The summed E-state index contributed by atoms with van der Waals surface area (Å²) in [5.41, 5.74) is 0.282. The predicted octanol–water partition coefficient (Wildman–Crippen LogP) is 3.26. The van der Waals surface area contributed by atoms with Gasteiger partial charge in [-0.25, -0.2) is 8.78 Å². The molecular weight excluding hydrogens is 252 g/mol. The Balaban J connectivity index is 2.48. The maximum Gasteiger partial charge on any atom is 0.263 e. The van der Waals surface area contributed by atoms with Crippen LogP contribution in [-0.2, 0) is 0 Å². The van der Waals surface area contributed by atoms with Crippen LogP contribution in [0, 0.1) is 0 Å². The summed E-state index contributed by atoms with van der Waals surface area (Å²) in [7, 11) is 1.39. The van der Waals surface area contributed by atoms with E-state index in [4.69, 9.17) is 4.74 Å². The smallest absolute Gasteiger partial charge is 0.263 e. The number of halogens is 2. The molecule has 0 aliphatic carbocycles. The predicted molar refractivity (Wildman–Crippen MR) is 65.6 cm³/mol. The lowest BCUT2D eigenvalue weighted by molar-refractivity contribution is 0.103. The number of nitrogens with zero attached hydrogens (tertiary/aromatic N) is 1. The molecule has 2 aromatic rings. The molecule has 98 valence electrons. The highest BCUT2D eigenvalue weighted by Gasteiger charge is 2.17. The van der Waals surface area contributed by atoms with E-state index in [1.54, 1.807) is 0 Å². The van der Waals surface area contributed by atoms with Crippen molar-refractivity contribution in [3.8, 4) is 5.75 Å². The fraction of sp³-hybridized carbons (Fsp3) is 0.143. The van der Waals surface area contributed by atoms with Gasteiger partial charge in [-0.2, -0.15) is 0 Å². The molecule has 0 saturated heterocycles. The van der Waals surface area contributed by atoms with Crippen molar-refractivity contribution >= 4 is 5.78 Å². The van der Waals surface area contributed by atoms with Crippen molar-refractivity contribution < 1.29 is 18.3 Å². The minimum atomic E-state index is -2.63. The molecule has 1 aromatic carbocycles. The van der Waals surface area contributed by atoms with Crippen LogP contribution in [0.5, 0.6) is 5.75 Å². The first-order chi connectivity index (χ1) is 9.13. The minimum absolute atomic E-state index is 0.117. The number of pyridine rings is 1. The second-order valence-corrected chi connectivity index (χ2v) is 3.83. The van der Waals surface area contributed by atoms with E-state index in [9.17, 15) is 13.6 Å². The molecule has 0 saturated carbocycles. The molecule has 0 atom stereocenters. The van der Waals surface area contributed by atoms with Gasteiger partial charge in [0.15, 0.2) is 5.78 Å². The molecular formula is C14H11F2NO2. The summed E-state index contributed by atoms with van der Waals surface area (Å²) in [5.74, 6) is -0.104. The van der Waals surface area contributed by atoms with Crippen LogP contribution in [0.25, 0.3) is 0 Å². The van der Waals surface area contributed by atoms with Gasteiger partial charge in [0.25, 0.3) is 6.43 Å². The van der Waals surface area contributed by atoms with Crippen LogP contribution in [0.3, 0.4) is 0 Å². The summed E-state index contributed by atoms with van der Waals surface area (Å²) in [6.07, 6.45) is 0.308. The Morgan fingerprint density at radius 2 is 1.89 bits per heavy atom. The van der Waals surface area contributed by atoms with Crippen LogP contribution < -0.4 is 4.74 Å². The SMILES string of the molecule is COc1ccc(C(F)F)cc1C(=O)c1ccncc1. The molecule has 5 heteroatoms. The van der Waals surface area contributed by atoms with Crippen molar-refractivity contribution in [2.75, 3.05) is 7.11 Å². The lowest BCUT2D eigenvalue weighted by atomic mass is 10.0. The molecule has 3 nitrogen and oxygen atoms in total. The number of ketones is 1. The monoisotopic (exact) mass is 263 g/mol. The average Bonchev–Trinajstić information content (AvgIpc) is 2.46. The first-order valence-electron chi connectivity index (χ1n) is 5.54. The number of benzene rings is 1. The molecule has 0 spiro atoms. The minimum Gasteiger partial charge on any atom is -0.496 e. The summed E-state index contributed by atoms with van der Waals surface area (Å²) in [6.45, 7) is 0. The second-order valence-electron chi connectivity index (χ2n) is 3.83. The van der Waals surface area contributed by atoms with Gasteiger partial charge in [0.2, 0.25) is 0 Å². The third kappa shape index (κ3) is 2.76. The maximum atomic E-state index is 12.7. The molecule has 0 unspecified atom stereocenters. The van der Waals surface area contributed by atoms with Crippen LogP contribution in [-0.4, -0.2) is 17.9 Å². The standard InChI is InChI=1S/C14H11F2NO2/c1-19-12-3-2-10(14(15)16)8-11(12)13(18)9-4-6-17-7-5-9/h2-8,14H,1H3. The van der Waals surface area contributed by atoms with E-state index in [0.29, 0.717) is 5.56 Å². The Labute approximate surface area is 108 Å². The third-order valence-electron chi connectivity index (χ3n) is 2.66.